The SMILES string of the molecule is C#CCSC(=Nc1cc(C(=O)c2ccccc2)ccc1N)NC(=O)OC. The molecular formula is C19H17N3O3S. The van der Waals surface area contributed by atoms with Crippen LogP contribution in [-0.2, 0) is 4.74 Å². The molecule has 0 saturated carbocycles. The van der Waals surface area contributed by atoms with E-state index in [0.717, 1.165) is 11.8 Å². The number of hydrogen-bond acceptors (Lipinski definition) is 6. The fourth-order valence-electron chi connectivity index (χ4n) is 1.99. The molecule has 0 aromatic heterocycles. The predicted molar refractivity (Wildman–Crippen MR) is 105 cm³/mol. The van der Waals surface area contributed by atoms with Gasteiger partial charge in [0.25, 0.3) is 0 Å². The van der Waals surface area contributed by atoms with Crippen molar-refractivity contribution in [3.05, 3.63) is 59.7 Å². The predicted octanol–water partition coefficient (Wildman–Crippen LogP) is 3.21. The van der Waals surface area contributed by atoms with E-state index >= 15 is 0 Å². The normalized spacial score (nSPS) is 10.7. The Balaban J connectivity index is 2.36. The summed E-state index contributed by atoms with van der Waals surface area (Å²) in [6.45, 7) is 0. The van der Waals surface area contributed by atoms with E-state index < -0.39 is 6.09 Å². The molecule has 0 saturated heterocycles. The Bertz CT molecular complexity index is 873. The average Bonchev–Trinajstić information content (AvgIpc) is 2.67. The van der Waals surface area contributed by atoms with Gasteiger partial charge in [-0.15, -0.1) is 6.42 Å². The first kappa shape index (κ1) is 19.1. The Labute approximate surface area is 155 Å². The lowest BCUT2D eigenvalue weighted by Crippen LogP contribution is -2.28. The molecule has 0 aliphatic heterocycles. The van der Waals surface area contributed by atoms with Gasteiger partial charge in [-0.05, 0) is 18.2 Å². The fraction of sp³-hybridized carbons (Fsp3) is 0.105. The molecule has 132 valence electrons. The summed E-state index contributed by atoms with van der Waals surface area (Å²) in [4.78, 5) is 28.4. The number of carbonyl (C=O) groups is 2. The maximum absolute atomic E-state index is 12.6. The highest BCUT2D eigenvalue weighted by Gasteiger charge is 2.12. The first-order valence-electron chi connectivity index (χ1n) is 7.54. The summed E-state index contributed by atoms with van der Waals surface area (Å²) in [5.74, 6) is 2.59. The van der Waals surface area contributed by atoms with E-state index in [1.165, 1.54) is 7.11 Å². The van der Waals surface area contributed by atoms with Crippen LogP contribution in [0.1, 0.15) is 15.9 Å². The Hall–Kier alpha value is -3.24. The molecule has 2 aromatic rings. The smallest absolute Gasteiger partial charge is 0.412 e. The lowest BCUT2D eigenvalue weighted by molar-refractivity contribution is 0.103. The quantitative estimate of drug-likeness (QED) is 0.284. The van der Waals surface area contributed by atoms with E-state index in [1.807, 2.05) is 6.07 Å². The van der Waals surface area contributed by atoms with Crippen LogP contribution >= 0.6 is 11.8 Å². The fourth-order valence-corrected chi connectivity index (χ4v) is 2.53. The van der Waals surface area contributed by atoms with Gasteiger partial charge in [0.15, 0.2) is 11.0 Å². The van der Waals surface area contributed by atoms with Crippen LogP contribution in [0.15, 0.2) is 53.5 Å². The van der Waals surface area contributed by atoms with Gasteiger partial charge in [0.05, 0.1) is 24.2 Å². The van der Waals surface area contributed by atoms with Gasteiger partial charge in [-0.3, -0.25) is 10.1 Å². The number of amidine groups is 1. The van der Waals surface area contributed by atoms with Gasteiger partial charge >= 0.3 is 6.09 Å². The number of terminal acetylenes is 1. The summed E-state index contributed by atoms with van der Waals surface area (Å²) < 4.78 is 4.57. The highest BCUT2D eigenvalue weighted by atomic mass is 32.2. The van der Waals surface area contributed by atoms with E-state index in [9.17, 15) is 9.59 Å². The third-order valence-electron chi connectivity index (χ3n) is 3.24. The molecule has 1 amide bonds. The van der Waals surface area contributed by atoms with Crippen molar-refractivity contribution in [1.82, 2.24) is 5.32 Å². The molecular weight excluding hydrogens is 350 g/mol. The number of methoxy groups -OCH3 is 1. The summed E-state index contributed by atoms with van der Waals surface area (Å²) in [6.07, 6.45) is 4.58. The highest BCUT2D eigenvalue weighted by molar-refractivity contribution is 8.14. The second-order valence-corrected chi connectivity index (χ2v) is 5.96. The molecule has 0 aliphatic carbocycles. The zero-order chi connectivity index (χ0) is 18.9. The number of thioether (sulfide) groups is 1. The summed E-state index contributed by atoms with van der Waals surface area (Å²) in [5.41, 5.74) is 7.66. The number of carbonyl (C=O) groups excluding carboxylic acids is 2. The molecule has 0 heterocycles. The Morgan fingerprint density at radius 3 is 2.62 bits per heavy atom. The molecule has 6 nitrogen and oxygen atoms in total. The number of alkyl carbamates (subject to hydrolysis) is 1. The summed E-state index contributed by atoms with van der Waals surface area (Å²) in [6, 6.07) is 13.7. The van der Waals surface area contributed by atoms with Gasteiger partial charge in [0, 0.05) is 11.1 Å². The van der Waals surface area contributed by atoms with Crippen LogP contribution in [0.3, 0.4) is 0 Å². The van der Waals surface area contributed by atoms with Crippen molar-refractivity contribution < 1.29 is 14.3 Å². The zero-order valence-electron chi connectivity index (χ0n) is 14.1. The Kier molecular flexibility index (Phi) is 6.83. The molecule has 0 spiro atoms. The Morgan fingerprint density at radius 1 is 1.23 bits per heavy atom. The van der Waals surface area contributed by atoms with Gasteiger partial charge in [-0.25, -0.2) is 9.79 Å². The van der Waals surface area contributed by atoms with Crippen LogP contribution in [0, 0.1) is 12.3 Å². The minimum absolute atomic E-state index is 0.152. The monoisotopic (exact) mass is 367 g/mol. The minimum atomic E-state index is -0.677. The Morgan fingerprint density at radius 2 is 1.96 bits per heavy atom. The number of nitrogens with one attached hydrogen (secondary N) is 1. The standard InChI is InChI=1S/C19H17N3O3S/c1-3-11-26-18(22-19(24)25-2)21-16-12-14(9-10-15(16)20)17(23)13-7-5-4-6-8-13/h1,4-10,12H,11,20H2,2H3,(H,21,22,24). The molecule has 0 unspecified atom stereocenters. The maximum Gasteiger partial charge on any atom is 0.412 e. The third kappa shape index (κ3) is 5.13. The average molecular weight is 367 g/mol. The maximum atomic E-state index is 12.6. The summed E-state index contributed by atoms with van der Waals surface area (Å²) in [7, 11) is 1.24. The number of ketones is 1. The lowest BCUT2D eigenvalue weighted by atomic mass is 10.0. The molecule has 0 atom stereocenters. The molecule has 26 heavy (non-hydrogen) atoms. The van der Waals surface area contributed by atoms with Crippen molar-refractivity contribution in [3.8, 4) is 12.3 Å². The highest BCUT2D eigenvalue weighted by Crippen LogP contribution is 2.26. The number of benzene rings is 2. The van der Waals surface area contributed by atoms with Crippen molar-refractivity contribution in [2.75, 3.05) is 18.6 Å². The van der Waals surface area contributed by atoms with Gasteiger partial charge < -0.3 is 10.5 Å². The number of amides is 1. The third-order valence-corrected chi connectivity index (χ3v) is 4.02. The van der Waals surface area contributed by atoms with Gasteiger partial charge in [-0.1, -0.05) is 48.0 Å². The minimum Gasteiger partial charge on any atom is -0.453 e. The van der Waals surface area contributed by atoms with E-state index in [0.29, 0.717) is 28.3 Å². The number of aliphatic imine (C=N–C) groups is 1. The largest absolute Gasteiger partial charge is 0.453 e. The molecule has 0 bridgehead atoms. The molecule has 0 fully saturated rings. The van der Waals surface area contributed by atoms with E-state index in [-0.39, 0.29) is 11.0 Å². The second-order valence-electron chi connectivity index (χ2n) is 5.00. The number of anilines is 1. The van der Waals surface area contributed by atoms with E-state index in [1.54, 1.807) is 42.5 Å². The molecule has 0 radical (unpaired) electrons. The van der Waals surface area contributed by atoms with Crippen LogP contribution in [0.4, 0.5) is 16.2 Å². The summed E-state index contributed by atoms with van der Waals surface area (Å²) in [5, 5.41) is 2.70. The molecule has 3 N–H and O–H groups in total. The van der Waals surface area contributed by atoms with Crippen LogP contribution in [0.25, 0.3) is 0 Å². The van der Waals surface area contributed by atoms with Crippen LogP contribution in [0.2, 0.25) is 0 Å². The van der Waals surface area contributed by atoms with Crippen molar-refractivity contribution in [3.63, 3.8) is 0 Å². The van der Waals surface area contributed by atoms with Crippen molar-refractivity contribution >= 4 is 40.2 Å². The van der Waals surface area contributed by atoms with Crippen molar-refractivity contribution in [1.29, 1.82) is 0 Å². The molecule has 2 rings (SSSR count). The van der Waals surface area contributed by atoms with Crippen LogP contribution in [-0.4, -0.2) is 29.9 Å². The molecule has 2 aromatic carbocycles. The van der Waals surface area contributed by atoms with E-state index in [4.69, 9.17) is 12.2 Å². The first-order chi connectivity index (χ1) is 12.5. The lowest BCUT2D eigenvalue weighted by Gasteiger charge is -2.09. The van der Waals surface area contributed by atoms with Crippen molar-refractivity contribution in [2.45, 2.75) is 0 Å². The van der Waals surface area contributed by atoms with Gasteiger partial charge in [-0.2, -0.15) is 0 Å². The van der Waals surface area contributed by atoms with E-state index in [2.05, 4.69) is 21.0 Å². The van der Waals surface area contributed by atoms with Crippen LogP contribution < -0.4 is 11.1 Å². The number of hydrogen-bond donors (Lipinski definition) is 2. The van der Waals surface area contributed by atoms with Crippen molar-refractivity contribution in [2.24, 2.45) is 4.99 Å². The number of nitrogens with zero attached hydrogens (tertiary/aromatic N) is 1. The zero-order valence-corrected chi connectivity index (χ0v) is 14.9. The van der Waals surface area contributed by atoms with Crippen LogP contribution in [0.5, 0.6) is 0 Å². The molecule has 0 aliphatic rings. The number of nitrogen functional groups attached to an aromatic ring is 1. The van der Waals surface area contributed by atoms with Gasteiger partial charge in [0.1, 0.15) is 0 Å². The first-order valence-corrected chi connectivity index (χ1v) is 8.53. The second kappa shape index (κ2) is 9.30. The van der Waals surface area contributed by atoms with Gasteiger partial charge in [0.2, 0.25) is 0 Å². The summed E-state index contributed by atoms with van der Waals surface area (Å²) >= 11 is 1.14. The molecule has 7 heteroatoms. The topological polar surface area (TPSA) is 93.8 Å². The number of ether oxygens (including phenoxy) is 1. The number of nitrogens with two attached hydrogens (primary N) is 1. The number of rotatable bonds is 4.